The number of phenolic OH excluding ortho intramolecular Hbond substituents is 1. The van der Waals surface area contributed by atoms with Crippen LogP contribution >= 0.6 is 11.6 Å². The fraction of sp³-hybridized carbons (Fsp3) is 0.304. The molecule has 170 valence electrons. The maximum atomic E-state index is 12.7. The highest BCUT2D eigenvalue weighted by molar-refractivity contribution is 6.34. The van der Waals surface area contributed by atoms with Crippen LogP contribution in [-0.4, -0.2) is 27.5 Å². The number of hydrogen-bond acceptors (Lipinski definition) is 5. The van der Waals surface area contributed by atoms with Crippen molar-refractivity contribution in [1.29, 1.82) is 0 Å². The fourth-order valence-corrected chi connectivity index (χ4v) is 3.66. The fourth-order valence-electron chi connectivity index (χ4n) is 3.35. The van der Waals surface area contributed by atoms with E-state index in [2.05, 4.69) is 9.84 Å². The quantitative estimate of drug-likeness (QED) is 0.332. The van der Waals surface area contributed by atoms with E-state index in [9.17, 15) is 18.7 Å². The van der Waals surface area contributed by atoms with Crippen LogP contribution in [0.5, 0.6) is 17.4 Å². The molecule has 3 aromatic rings. The minimum absolute atomic E-state index is 0.0365. The number of para-hydroxylation sites is 1. The molecule has 0 aliphatic rings. The van der Waals surface area contributed by atoms with Gasteiger partial charge in [-0.3, -0.25) is 4.79 Å². The van der Waals surface area contributed by atoms with Gasteiger partial charge in [0.15, 0.2) is 0 Å². The molecule has 0 fully saturated rings. The second-order valence-corrected chi connectivity index (χ2v) is 7.48. The highest BCUT2D eigenvalue weighted by atomic mass is 35.5. The first-order valence-corrected chi connectivity index (χ1v) is 10.5. The Hall–Kier alpha value is -3.13. The molecule has 2 aromatic carbocycles. The van der Waals surface area contributed by atoms with Gasteiger partial charge >= 0.3 is 12.6 Å². The summed E-state index contributed by atoms with van der Waals surface area (Å²) in [6.07, 6.45) is 1.57. The van der Waals surface area contributed by atoms with E-state index >= 15 is 0 Å². The molecule has 0 saturated carbocycles. The molecule has 0 amide bonds. The summed E-state index contributed by atoms with van der Waals surface area (Å²) < 4.78 is 36.3. The zero-order chi connectivity index (χ0) is 23.3. The number of phenols is 1. The van der Waals surface area contributed by atoms with Gasteiger partial charge in [-0.05, 0) is 54.7 Å². The molecule has 0 aliphatic heterocycles. The van der Waals surface area contributed by atoms with E-state index in [0.717, 1.165) is 10.2 Å². The molecule has 0 aliphatic carbocycles. The van der Waals surface area contributed by atoms with E-state index < -0.39 is 6.61 Å². The van der Waals surface area contributed by atoms with E-state index in [4.69, 9.17) is 16.3 Å². The van der Waals surface area contributed by atoms with Gasteiger partial charge in [0.1, 0.15) is 22.2 Å². The average molecular weight is 465 g/mol. The van der Waals surface area contributed by atoms with E-state index in [0.29, 0.717) is 36.1 Å². The first kappa shape index (κ1) is 23.5. The van der Waals surface area contributed by atoms with Crippen molar-refractivity contribution in [1.82, 2.24) is 9.78 Å². The molecular formula is C23H23ClF2N2O4. The summed E-state index contributed by atoms with van der Waals surface area (Å²) >= 11 is 6.29. The summed E-state index contributed by atoms with van der Waals surface area (Å²) in [4.78, 5) is 12.1. The summed E-state index contributed by atoms with van der Waals surface area (Å²) in [6, 6.07) is 12.1. The van der Waals surface area contributed by atoms with Crippen LogP contribution in [0.3, 0.4) is 0 Å². The molecule has 32 heavy (non-hydrogen) atoms. The highest BCUT2D eigenvalue weighted by Crippen LogP contribution is 2.39. The van der Waals surface area contributed by atoms with Gasteiger partial charge in [0.05, 0.1) is 0 Å². The number of ether oxygens (including phenoxy) is 2. The molecule has 1 N–H and O–H groups in total. The SMILES string of the molecule is CCc1cc(O)c(CCCC(=O)Oc2ccccc2)cc1-c1nn(C)c(OC(F)F)c1Cl. The van der Waals surface area contributed by atoms with Crippen molar-refractivity contribution < 1.29 is 28.2 Å². The number of aromatic hydroxyl groups is 1. The number of carbonyl (C=O) groups is 1. The van der Waals surface area contributed by atoms with Gasteiger partial charge < -0.3 is 14.6 Å². The second kappa shape index (κ2) is 10.5. The predicted octanol–water partition coefficient (Wildman–Crippen LogP) is 5.54. The topological polar surface area (TPSA) is 73.6 Å². The van der Waals surface area contributed by atoms with Crippen LogP contribution in [0.1, 0.15) is 30.9 Å². The maximum absolute atomic E-state index is 12.7. The zero-order valence-corrected chi connectivity index (χ0v) is 18.4. The van der Waals surface area contributed by atoms with E-state index in [1.54, 1.807) is 36.4 Å². The predicted molar refractivity (Wildman–Crippen MR) is 116 cm³/mol. The molecular weight excluding hydrogens is 442 g/mol. The highest BCUT2D eigenvalue weighted by Gasteiger charge is 2.23. The first-order chi connectivity index (χ1) is 15.3. The summed E-state index contributed by atoms with van der Waals surface area (Å²) in [5.74, 6) is -0.0562. The summed E-state index contributed by atoms with van der Waals surface area (Å²) in [7, 11) is 1.46. The number of alkyl halides is 2. The Kier molecular flexibility index (Phi) is 7.69. The summed E-state index contributed by atoms with van der Waals surface area (Å²) in [5.41, 5.74) is 2.23. The maximum Gasteiger partial charge on any atom is 0.388 e. The van der Waals surface area contributed by atoms with Gasteiger partial charge in [-0.25, -0.2) is 4.68 Å². The van der Waals surface area contributed by atoms with Crippen LogP contribution < -0.4 is 9.47 Å². The van der Waals surface area contributed by atoms with Crippen molar-refractivity contribution in [2.75, 3.05) is 0 Å². The van der Waals surface area contributed by atoms with Crippen molar-refractivity contribution in [3.05, 3.63) is 58.6 Å². The molecule has 9 heteroatoms. The lowest BCUT2D eigenvalue weighted by atomic mass is 9.96. The molecule has 1 aromatic heterocycles. The Balaban J connectivity index is 1.78. The van der Waals surface area contributed by atoms with Crippen LogP contribution in [0.2, 0.25) is 5.02 Å². The zero-order valence-electron chi connectivity index (χ0n) is 17.6. The Morgan fingerprint density at radius 2 is 1.94 bits per heavy atom. The third kappa shape index (κ3) is 5.56. The number of carbonyl (C=O) groups excluding carboxylic acids is 1. The third-order valence-corrected chi connectivity index (χ3v) is 5.22. The lowest BCUT2D eigenvalue weighted by molar-refractivity contribution is -0.134. The van der Waals surface area contributed by atoms with E-state index in [1.807, 2.05) is 13.0 Å². The normalized spacial score (nSPS) is 11.1. The van der Waals surface area contributed by atoms with Crippen LogP contribution in [-0.2, 0) is 24.7 Å². The smallest absolute Gasteiger partial charge is 0.388 e. The van der Waals surface area contributed by atoms with Crippen molar-refractivity contribution in [3.8, 4) is 28.6 Å². The molecule has 3 rings (SSSR count). The van der Waals surface area contributed by atoms with Crippen molar-refractivity contribution >= 4 is 17.6 Å². The van der Waals surface area contributed by atoms with Gasteiger partial charge in [-0.1, -0.05) is 36.7 Å². The minimum Gasteiger partial charge on any atom is -0.508 e. The Morgan fingerprint density at radius 1 is 1.22 bits per heavy atom. The van der Waals surface area contributed by atoms with Gasteiger partial charge in [0, 0.05) is 19.0 Å². The third-order valence-electron chi connectivity index (χ3n) is 4.88. The Morgan fingerprint density at radius 3 is 2.59 bits per heavy atom. The number of benzene rings is 2. The molecule has 0 spiro atoms. The number of hydrogen-bond donors (Lipinski definition) is 1. The second-order valence-electron chi connectivity index (χ2n) is 7.10. The molecule has 0 radical (unpaired) electrons. The number of rotatable bonds is 9. The summed E-state index contributed by atoms with van der Waals surface area (Å²) in [5, 5.41) is 14.6. The largest absolute Gasteiger partial charge is 0.508 e. The van der Waals surface area contributed by atoms with Crippen molar-refractivity contribution in [2.24, 2.45) is 7.05 Å². The number of nitrogens with zero attached hydrogens (tertiary/aromatic N) is 2. The van der Waals surface area contributed by atoms with Crippen LogP contribution in [0.25, 0.3) is 11.3 Å². The van der Waals surface area contributed by atoms with Crippen LogP contribution in [0.15, 0.2) is 42.5 Å². The molecule has 0 unspecified atom stereocenters. The number of aryl methyl sites for hydroxylation is 3. The minimum atomic E-state index is -3.03. The first-order valence-electron chi connectivity index (χ1n) is 10.1. The summed E-state index contributed by atoms with van der Waals surface area (Å²) in [6.45, 7) is -1.14. The molecule has 0 saturated heterocycles. The van der Waals surface area contributed by atoms with Crippen molar-refractivity contribution in [3.63, 3.8) is 0 Å². The van der Waals surface area contributed by atoms with Crippen molar-refractivity contribution in [2.45, 2.75) is 39.2 Å². The van der Waals surface area contributed by atoms with Gasteiger partial charge in [-0.2, -0.15) is 13.9 Å². The number of esters is 1. The lowest BCUT2D eigenvalue weighted by Crippen LogP contribution is -2.08. The van der Waals surface area contributed by atoms with Gasteiger partial charge in [-0.15, -0.1) is 0 Å². The molecule has 1 heterocycles. The molecule has 0 bridgehead atoms. The average Bonchev–Trinajstić information content (AvgIpc) is 3.03. The van der Waals surface area contributed by atoms with Crippen LogP contribution in [0.4, 0.5) is 8.78 Å². The number of halogens is 3. The van der Waals surface area contributed by atoms with E-state index in [-0.39, 0.29) is 34.7 Å². The van der Waals surface area contributed by atoms with Gasteiger partial charge in [0.25, 0.3) is 0 Å². The molecule has 0 atom stereocenters. The Labute approximate surface area is 189 Å². The standard InChI is InChI=1S/C23H23ClF2N2O4/c1-3-14-13-18(29)15(8-7-11-19(30)31-16-9-5-4-6-10-16)12-17(14)21-20(24)22(28(2)27-21)32-23(25)26/h4-6,9-10,12-13,23,29H,3,7-8,11H2,1-2H3. The molecule has 6 nitrogen and oxygen atoms in total. The Bertz CT molecular complexity index is 1090. The number of aromatic nitrogens is 2. The van der Waals surface area contributed by atoms with Gasteiger partial charge in [0.2, 0.25) is 5.88 Å². The van der Waals surface area contributed by atoms with Crippen LogP contribution in [0, 0.1) is 0 Å². The lowest BCUT2D eigenvalue weighted by Gasteiger charge is -2.12. The van der Waals surface area contributed by atoms with E-state index in [1.165, 1.54) is 7.05 Å². The monoisotopic (exact) mass is 464 g/mol.